The molecule has 2 saturated heterocycles. The fourth-order valence-electron chi connectivity index (χ4n) is 2.84. The van der Waals surface area contributed by atoms with Crippen LogP contribution < -0.4 is 5.32 Å². The van der Waals surface area contributed by atoms with Gasteiger partial charge in [-0.05, 0) is 46.7 Å². The molecule has 1 atom stereocenters. The van der Waals surface area contributed by atoms with Crippen molar-refractivity contribution in [3.63, 3.8) is 0 Å². The van der Waals surface area contributed by atoms with Gasteiger partial charge in [-0.3, -0.25) is 5.32 Å². The third-order valence-electron chi connectivity index (χ3n) is 4.02. The molecule has 0 aromatic carbocycles. The third kappa shape index (κ3) is 2.35. The minimum Gasteiger partial charge on any atom is -0.359 e. The number of hydrogen-bond acceptors (Lipinski definition) is 3. The van der Waals surface area contributed by atoms with E-state index in [0.717, 1.165) is 13.2 Å². The van der Waals surface area contributed by atoms with Gasteiger partial charge in [0.15, 0.2) is 0 Å². The summed E-state index contributed by atoms with van der Waals surface area (Å²) in [4.78, 5) is 2.56. The van der Waals surface area contributed by atoms with Crippen LogP contribution in [0.3, 0.4) is 0 Å². The average molecular weight is 212 g/mol. The van der Waals surface area contributed by atoms with Crippen LogP contribution in [0.25, 0.3) is 0 Å². The van der Waals surface area contributed by atoms with Crippen molar-refractivity contribution in [3.8, 4) is 0 Å². The van der Waals surface area contributed by atoms with E-state index in [1.165, 1.54) is 25.9 Å². The van der Waals surface area contributed by atoms with Crippen LogP contribution in [0.5, 0.6) is 0 Å². The van der Waals surface area contributed by atoms with Gasteiger partial charge in [-0.1, -0.05) is 0 Å². The second kappa shape index (κ2) is 4.40. The first-order valence-electron chi connectivity index (χ1n) is 6.25. The van der Waals surface area contributed by atoms with Crippen molar-refractivity contribution < 1.29 is 4.74 Å². The van der Waals surface area contributed by atoms with Gasteiger partial charge in [0.05, 0.1) is 6.61 Å². The standard InChI is InChI=1S/C12H24N2O/c1-10(2)14-7-4-11(5-8-14)12(3)13-6-9-15-12/h10-11,13H,4-9H2,1-3H3. The summed E-state index contributed by atoms with van der Waals surface area (Å²) in [7, 11) is 0. The molecule has 3 nitrogen and oxygen atoms in total. The molecule has 88 valence electrons. The van der Waals surface area contributed by atoms with Gasteiger partial charge in [-0.2, -0.15) is 0 Å². The Labute approximate surface area is 93.2 Å². The van der Waals surface area contributed by atoms with E-state index >= 15 is 0 Å². The Hall–Kier alpha value is -0.120. The maximum Gasteiger partial charge on any atom is 0.119 e. The minimum absolute atomic E-state index is 0.0386. The van der Waals surface area contributed by atoms with Crippen LogP contribution in [0.1, 0.15) is 33.6 Å². The van der Waals surface area contributed by atoms with E-state index in [4.69, 9.17) is 4.74 Å². The zero-order chi connectivity index (χ0) is 10.9. The summed E-state index contributed by atoms with van der Waals surface area (Å²) in [6.07, 6.45) is 2.53. The molecule has 0 spiro atoms. The van der Waals surface area contributed by atoms with Crippen LogP contribution in [0.15, 0.2) is 0 Å². The van der Waals surface area contributed by atoms with Crippen molar-refractivity contribution in [2.45, 2.75) is 45.4 Å². The van der Waals surface area contributed by atoms with Crippen LogP contribution in [0.2, 0.25) is 0 Å². The number of nitrogens with zero attached hydrogens (tertiary/aromatic N) is 1. The number of ether oxygens (including phenoxy) is 1. The lowest BCUT2D eigenvalue weighted by molar-refractivity contribution is -0.0645. The molecule has 2 rings (SSSR count). The van der Waals surface area contributed by atoms with Gasteiger partial charge in [0.1, 0.15) is 5.72 Å². The third-order valence-corrected chi connectivity index (χ3v) is 4.02. The largest absolute Gasteiger partial charge is 0.359 e. The first-order valence-corrected chi connectivity index (χ1v) is 6.25. The molecular weight excluding hydrogens is 188 g/mol. The van der Waals surface area contributed by atoms with Crippen molar-refractivity contribution in [2.75, 3.05) is 26.2 Å². The molecule has 0 aliphatic carbocycles. The monoisotopic (exact) mass is 212 g/mol. The molecule has 0 radical (unpaired) electrons. The summed E-state index contributed by atoms with van der Waals surface area (Å²) >= 11 is 0. The molecule has 0 saturated carbocycles. The molecule has 0 amide bonds. The Morgan fingerprint density at radius 2 is 2.00 bits per heavy atom. The molecule has 2 aliphatic rings. The normalized spacial score (nSPS) is 35.2. The summed E-state index contributed by atoms with van der Waals surface area (Å²) in [5, 5.41) is 3.51. The summed E-state index contributed by atoms with van der Waals surface area (Å²) in [6.45, 7) is 11.1. The fourth-order valence-corrected chi connectivity index (χ4v) is 2.84. The number of likely N-dealkylation sites (tertiary alicyclic amines) is 1. The highest BCUT2D eigenvalue weighted by Crippen LogP contribution is 2.31. The van der Waals surface area contributed by atoms with Gasteiger partial charge in [0, 0.05) is 18.5 Å². The van der Waals surface area contributed by atoms with Crippen LogP contribution >= 0.6 is 0 Å². The van der Waals surface area contributed by atoms with Crippen molar-refractivity contribution in [1.82, 2.24) is 10.2 Å². The molecule has 1 N–H and O–H groups in total. The summed E-state index contributed by atoms with van der Waals surface area (Å²) in [5.41, 5.74) is -0.0386. The zero-order valence-corrected chi connectivity index (χ0v) is 10.3. The molecule has 3 heteroatoms. The van der Waals surface area contributed by atoms with E-state index in [0.29, 0.717) is 12.0 Å². The van der Waals surface area contributed by atoms with Crippen molar-refractivity contribution >= 4 is 0 Å². The lowest BCUT2D eigenvalue weighted by atomic mass is 9.87. The van der Waals surface area contributed by atoms with Crippen molar-refractivity contribution in [3.05, 3.63) is 0 Å². The van der Waals surface area contributed by atoms with E-state index in [9.17, 15) is 0 Å². The maximum absolute atomic E-state index is 5.85. The number of nitrogens with one attached hydrogen (secondary N) is 1. The molecule has 15 heavy (non-hydrogen) atoms. The smallest absolute Gasteiger partial charge is 0.119 e. The molecular formula is C12H24N2O. The molecule has 2 fully saturated rings. The van der Waals surface area contributed by atoms with E-state index < -0.39 is 0 Å². The van der Waals surface area contributed by atoms with Gasteiger partial charge in [0.2, 0.25) is 0 Å². The number of rotatable bonds is 2. The number of hydrogen-bond donors (Lipinski definition) is 1. The van der Waals surface area contributed by atoms with Gasteiger partial charge in [-0.15, -0.1) is 0 Å². The quantitative estimate of drug-likeness (QED) is 0.749. The Morgan fingerprint density at radius 1 is 1.33 bits per heavy atom. The predicted octanol–water partition coefficient (Wildman–Crippen LogP) is 1.44. The fraction of sp³-hybridized carbons (Fsp3) is 1.00. The van der Waals surface area contributed by atoms with Gasteiger partial charge >= 0.3 is 0 Å². The molecule has 0 bridgehead atoms. The molecule has 2 aliphatic heterocycles. The van der Waals surface area contributed by atoms with Gasteiger partial charge in [0.25, 0.3) is 0 Å². The summed E-state index contributed by atoms with van der Waals surface area (Å²) in [5.74, 6) is 0.690. The Morgan fingerprint density at radius 3 is 2.47 bits per heavy atom. The molecule has 0 aromatic heterocycles. The number of piperidine rings is 1. The van der Waals surface area contributed by atoms with Crippen molar-refractivity contribution in [1.29, 1.82) is 0 Å². The van der Waals surface area contributed by atoms with Gasteiger partial charge in [-0.25, -0.2) is 0 Å². The highest BCUT2D eigenvalue weighted by atomic mass is 16.5. The lowest BCUT2D eigenvalue weighted by Gasteiger charge is -2.41. The van der Waals surface area contributed by atoms with E-state index in [1.807, 2.05) is 0 Å². The predicted molar refractivity (Wildman–Crippen MR) is 61.8 cm³/mol. The minimum atomic E-state index is -0.0386. The first kappa shape index (κ1) is 11.4. The SMILES string of the molecule is CC(C)N1CCC(C2(C)NCCO2)CC1. The zero-order valence-electron chi connectivity index (χ0n) is 10.3. The second-order valence-electron chi connectivity index (χ2n) is 5.29. The Bertz CT molecular complexity index is 204. The lowest BCUT2D eigenvalue weighted by Crippen LogP contribution is -2.50. The topological polar surface area (TPSA) is 24.5 Å². The van der Waals surface area contributed by atoms with E-state index in [1.54, 1.807) is 0 Å². The van der Waals surface area contributed by atoms with Gasteiger partial charge < -0.3 is 9.64 Å². The molecule has 1 unspecified atom stereocenters. The highest BCUT2D eigenvalue weighted by molar-refractivity contribution is 4.89. The highest BCUT2D eigenvalue weighted by Gasteiger charge is 2.39. The van der Waals surface area contributed by atoms with Crippen molar-refractivity contribution in [2.24, 2.45) is 5.92 Å². The summed E-state index contributed by atoms with van der Waals surface area (Å²) < 4.78 is 5.85. The van der Waals surface area contributed by atoms with Crippen LogP contribution in [-0.4, -0.2) is 42.9 Å². The van der Waals surface area contributed by atoms with Crippen LogP contribution in [0, 0.1) is 5.92 Å². The Balaban J connectivity index is 1.87. The maximum atomic E-state index is 5.85. The van der Waals surface area contributed by atoms with E-state index in [-0.39, 0.29) is 5.72 Å². The first-order chi connectivity index (χ1) is 7.12. The molecule has 0 aromatic rings. The second-order valence-corrected chi connectivity index (χ2v) is 5.29. The van der Waals surface area contributed by atoms with E-state index in [2.05, 4.69) is 31.0 Å². The Kier molecular flexibility index (Phi) is 3.33. The van der Waals surface area contributed by atoms with Crippen LogP contribution in [0.4, 0.5) is 0 Å². The van der Waals surface area contributed by atoms with Crippen LogP contribution in [-0.2, 0) is 4.74 Å². The summed E-state index contributed by atoms with van der Waals surface area (Å²) in [6, 6.07) is 0.691. The average Bonchev–Trinajstić information content (AvgIpc) is 2.67. The molecule has 2 heterocycles.